The summed E-state index contributed by atoms with van der Waals surface area (Å²) in [6.07, 6.45) is 4.84. The van der Waals surface area contributed by atoms with Crippen molar-refractivity contribution in [2.75, 3.05) is 0 Å². The number of imidazole rings is 1. The molecule has 0 aliphatic carbocycles. The SMILES string of the molecule is CCCn1cncc1COc1cccc2ccccc12. The maximum absolute atomic E-state index is 5.99. The quantitative estimate of drug-likeness (QED) is 0.697. The lowest BCUT2D eigenvalue weighted by atomic mass is 10.1. The highest BCUT2D eigenvalue weighted by Crippen LogP contribution is 2.25. The topological polar surface area (TPSA) is 27.1 Å². The lowest BCUT2D eigenvalue weighted by molar-refractivity contribution is 0.298. The van der Waals surface area contributed by atoms with Gasteiger partial charge in [-0.2, -0.15) is 0 Å². The van der Waals surface area contributed by atoms with Crippen molar-refractivity contribution in [1.82, 2.24) is 9.55 Å². The first-order chi connectivity index (χ1) is 9.88. The molecule has 3 aromatic rings. The summed E-state index contributed by atoms with van der Waals surface area (Å²) < 4.78 is 8.13. The van der Waals surface area contributed by atoms with E-state index in [1.54, 1.807) is 0 Å². The maximum atomic E-state index is 5.99. The summed E-state index contributed by atoms with van der Waals surface area (Å²) in [6.45, 7) is 3.69. The van der Waals surface area contributed by atoms with Crippen LogP contribution in [0.2, 0.25) is 0 Å². The zero-order valence-electron chi connectivity index (χ0n) is 11.6. The van der Waals surface area contributed by atoms with Crippen molar-refractivity contribution in [3.63, 3.8) is 0 Å². The third-order valence-corrected chi connectivity index (χ3v) is 3.39. The fraction of sp³-hybridized carbons (Fsp3) is 0.235. The normalized spacial score (nSPS) is 10.8. The molecule has 20 heavy (non-hydrogen) atoms. The molecular weight excluding hydrogens is 248 g/mol. The minimum absolute atomic E-state index is 0.550. The summed E-state index contributed by atoms with van der Waals surface area (Å²) in [4.78, 5) is 4.20. The van der Waals surface area contributed by atoms with Crippen molar-refractivity contribution in [2.24, 2.45) is 0 Å². The molecule has 2 aromatic carbocycles. The van der Waals surface area contributed by atoms with E-state index in [2.05, 4.69) is 34.7 Å². The Kier molecular flexibility index (Phi) is 3.68. The summed E-state index contributed by atoms with van der Waals surface area (Å²) in [5.41, 5.74) is 1.11. The van der Waals surface area contributed by atoms with Gasteiger partial charge in [0.1, 0.15) is 12.4 Å². The van der Waals surface area contributed by atoms with E-state index in [0.717, 1.165) is 29.8 Å². The van der Waals surface area contributed by atoms with E-state index < -0.39 is 0 Å². The molecule has 0 bridgehead atoms. The van der Waals surface area contributed by atoms with Gasteiger partial charge in [-0.3, -0.25) is 0 Å². The second-order valence-electron chi connectivity index (χ2n) is 4.84. The standard InChI is InChI=1S/C17H18N2O/c1-2-10-19-13-18-11-15(19)12-20-17-9-5-7-14-6-3-4-8-16(14)17/h3-9,11,13H,2,10,12H2,1H3. The van der Waals surface area contributed by atoms with Gasteiger partial charge in [0.25, 0.3) is 0 Å². The lowest BCUT2D eigenvalue weighted by Crippen LogP contribution is -2.05. The van der Waals surface area contributed by atoms with Crippen LogP contribution in [-0.4, -0.2) is 9.55 Å². The summed E-state index contributed by atoms with van der Waals surface area (Å²) in [5.74, 6) is 0.923. The van der Waals surface area contributed by atoms with Gasteiger partial charge < -0.3 is 9.30 Å². The minimum atomic E-state index is 0.550. The maximum Gasteiger partial charge on any atom is 0.130 e. The van der Waals surface area contributed by atoms with Crippen LogP contribution in [0.25, 0.3) is 10.8 Å². The molecule has 3 heteroatoms. The second kappa shape index (κ2) is 5.78. The Morgan fingerprint density at radius 2 is 1.95 bits per heavy atom. The van der Waals surface area contributed by atoms with Gasteiger partial charge in [-0.15, -0.1) is 0 Å². The molecule has 1 heterocycles. The van der Waals surface area contributed by atoms with Gasteiger partial charge in [-0.25, -0.2) is 4.98 Å². The number of nitrogens with zero attached hydrogens (tertiary/aromatic N) is 2. The van der Waals surface area contributed by atoms with Gasteiger partial charge >= 0.3 is 0 Å². The predicted molar refractivity (Wildman–Crippen MR) is 80.8 cm³/mol. The largest absolute Gasteiger partial charge is 0.487 e. The molecule has 0 spiro atoms. The van der Waals surface area contributed by atoms with Gasteiger partial charge in [0.2, 0.25) is 0 Å². The summed E-state index contributed by atoms with van der Waals surface area (Å²) in [6, 6.07) is 14.4. The van der Waals surface area contributed by atoms with Crippen LogP contribution < -0.4 is 4.74 Å². The number of hydrogen-bond acceptors (Lipinski definition) is 2. The highest BCUT2D eigenvalue weighted by molar-refractivity contribution is 5.88. The van der Waals surface area contributed by atoms with E-state index in [9.17, 15) is 0 Å². The van der Waals surface area contributed by atoms with Crippen molar-refractivity contribution in [2.45, 2.75) is 26.5 Å². The van der Waals surface area contributed by atoms with E-state index in [1.165, 1.54) is 5.39 Å². The Hall–Kier alpha value is -2.29. The van der Waals surface area contributed by atoms with Crippen LogP contribution in [-0.2, 0) is 13.2 Å². The highest BCUT2D eigenvalue weighted by atomic mass is 16.5. The van der Waals surface area contributed by atoms with Crippen LogP contribution in [0.5, 0.6) is 5.75 Å². The molecule has 102 valence electrons. The molecule has 3 nitrogen and oxygen atoms in total. The summed E-state index contributed by atoms with van der Waals surface area (Å²) >= 11 is 0. The second-order valence-corrected chi connectivity index (χ2v) is 4.84. The first-order valence-electron chi connectivity index (χ1n) is 6.98. The Labute approximate surface area is 118 Å². The smallest absolute Gasteiger partial charge is 0.130 e. The Bertz CT molecular complexity index is 698. The summed E-state index contributed by atoms with van der Waals surface area (Å²) in [7, 11) is 0. The van der Waals surface area contributed by atoms with Gasteiger partial charge in [0.15, 0.2) is 0 Å². The van der Waals surface area contributed by atoms with Crippen molar-refractivity contribution < 1.29 is 4.74 Å². The highest BCUT2D eigenvalue weighted by Gasteiger charge is 2.05. The fourth-order valence-corrected chi connectivity index (χ4v) is 2.38. The van der Waals surface area contributed by atoms with Crippen molar-refractivity contribution in [3.8, 4) is 5.75 Å². The fourth-order valence-electron chi connectivity index (χ4n) is 2.38. The number of aryl methyl sites for hydroxylation is 1. The van der Waals surface area contributed by atoms with E-state index >= 15 is 0 Å². The number of aromatic nitrogens is 2. The van der Waals surface area contributed by atoms with Crippen LogP contribution in [0.1, 0.15) is 19.0 Å². The Morgan fingerprint density at radius 3 is 2.85 bits per heavy atom. The van der Waals surface area contributed by atoms with Crippen LogP contribution in [0.4, 0.5) is 0 Å². The molecule has 0 saturated heterocycles. The molecule has 0 N–H and O–H groups in total. The molecule has 0 saturated carbocycles. The van der Waals surface area contributed by atoms with Gasteiger partial charge in [0, 0.05) is 11.9 Å². The zero-order valence-corrected chi connectivity index (χ0v) is 11.6. The lowest BCUT2D eigenvalue weighted by Gasteiger charge is -2.11. The molecular formula is C17H18N2O. The van der Waals surface area contributed by atoms with E-state index in [4.69, 9.17) is 4.74 Å². The zero-order chi connectivity index (χ0) is 13.8. The Balaban J connectivity index is 1.81. The third-order valence-electron chi connectivity index (χ3n) is 3.39. The molecule has 0 aliphatic heterocycles. The Morgan fingerprint density at radius 1 is 1.10 bits per heavy atom. The molecule has 0 amide bonds. The van der Waals surface area contributed by atoms with Crippen LogP contribution >= 0.6 is 0 Å². The van der Waals surface area contributed by atoms with E-state index in [1.807, 2.05) is 36.8 Å². The average Bonchev–Trinajstić information content (AvgIpc) is 2.93. The van der Waals surface area contributed by atoms with Gasteiger partial charge in [0.05, 0.1) is 18.2 Å². The molecule has 0 radical (unpaired) electrons. The third kappa shape index (κ3) is 2.52. The number of hydrogen-bond donors (Lipinski definition) is 0. The molecule has 0 aliphatic rings. The average molecular weight is 266 g/mol. The first kappa shape index (κ1) is 12.7. The van der Waals surface area contributed by atoms with Crippen LogP contribution in [0.3, 0.4) is 0 Å². The molecule has 0 fully saturated rings. The number of benzene rings is 2. The molecule has 0 unspecified atom stereocenters. The van der Waals surface area contributed by atoms with Gasteiger partial charge in [-0.1, -0.05) is 43.3 Å². The monoisotopic (exact) mass is 266 g/mol. The molecule has 1 aromatic heterocycles. The van der Waals surface area contributed by atoms with Crippen molar-refractivity contribution in [3.05, 3.63) is 60.7 Å². The first-order valence-corrected chi connectivity index (χ1v) is 6.98. The summed E-state index contributed by atoms with van der Waals surface area (Å²) in [5, 5.41) is 2.35. The number of fused-ring (bicyclic) bond motifs is 1. The van der Waals surface area contributed by atoms with Crippen LogP contribution in [0.15, 0.2) is 55.0 Å². The molecule has 0 atom stereocenters. The van der Waals surface area contributed by atoms with Gasteiger partial charge in [-0.05, 0) is 17.9 Å². The van der Waals surface area contributed by atoms with Crippen molar-refractivity contribution >= 4 is 10.8 Å². The van der Waals surface area contributed by atoms with Crippen molar-refractivity contribution in [1.29, 1.82) is 0 Å². The molecule has 3 rings (SSSR count). The van der Waals surface area contributed by atoms with E-state index in [-0.39, 0.29) is 0 Å². The van der Waals surface area contributed by atoms with E-state index in [0.29, 0.717) is 6.61 Å². The van der Waals surface area contributed by atoms with Crippen LogP contribution in [0, 0.1) is 0 Å². The number of ether oxygens (including phenoxy) is 1. The number of rotatable bonds is 5. The predicted octanol–water partition coefficient (Wildman–Crippen LogP) is 4.03. The minimum Gasteiger partial charge on any atom is -0.487 e.